The monoisotopic (exact) mass is 412 g/mol. The minimum absolute atomic E-state index is 0.431. The zero-order chi connectivity index (χ0) is 21.5. The first-order valence-electron chi connectivity index (χ1n) is 10.8. The molecule has 2 aromatic rings. The molecule has 0 atom stereocenters. The third kappa shape index (κ3) is 5.68. The third-order valence-electron chi connectivity index (χ3n) is 5.79. The molecular formula is C23H36N6O. The number of nitrogens with two attached hydrogens (primary N) is 1. The van der Waals surface area contributed by atoms with Crippen molar-refractivity contribution >= 4 is 23.1 Å². The molecule has 0 unspecified atom stereocenters. The molecule has 30 heavy (non-hydrogen) atoms. The van der Waals surface area contributed by atoms with Crippen LogP contribution in [0.15, 0.2) is 34.4 Å². The second-order valence-corrected chi connectivity index (χ2v) is 8.34. The van der Waals surface area contributed by atoms with E-state index in [1.165, 1.54) is 16.5 Å². The van der Waals surface area contributed by atoms with Gasteiger partial charge in [0.2, 0.25) is 0 Å². The maximum Gasteiger partial charge on any atom is 0.132 e. The number of hydrogen-bond donors (Lipinski definition) is 1. The van der Waals surface area contributed by atoms with Crippen LogP contribution >= 0.6 is 0 Å². The molecule has 2 heterocycles. The first kappa shape index (κ1) is 22.5. The molecule has 0 bridgehead atoms. The largest absolute Gasteiger partial charge is 0.383 e. The van der Waals surface area contributed by atoms with Crippen molar-refractivity contribution in [2.24, 2.45) is 15.7 Å². The maximum absolute atomic E-state index is 6.26. The molecule has 7 heteroatoms. The molecule has 7 nitrogen and oxygen atoms in total. The number of hydrogen-bond acceptors (Lipinski definition) is 4. The highest BCUT2D eigenvalue weighted by molar-refractivity contribution is 6.04. The number of likely N-dealkylation sites (N-methyl/N-ethyl adjacent to an activating group) is 1. The van der Waals surface area contributed by atoms with E-state index in [2.05, 4.69) is 63.6 Å². The fourth-order valence-electron chi connectivity index (χ4n) is 3.82. The minimum Gasteiger partial charge on any atom is -0.383 e. The molecule has 1 aromatic heterocycles. The number of amidine groups is 1. The Kier molecular flexibility index (Phi) is 8.01. The molecule has 1 aliphatic heterocycles. The second kappa shape index (κ2) is 10.7. The van der Waals surface area contributed by atoms with Gasteiger partial charge in [-0.25, -0.2) is 4.99 Å². The van der Waals surface area contributed by atoms with Crippen LogP contribution < -0.4 is 5.73 Å². The number of aromatic nitrogens is 1. The first-order chi connectivity index (χ1) is 14.5. The Morgan fingerprint density at radius 3 is 2.67 bits per heavy atom. The Labute approximate surface area is 180 Å². The van der Waals surface area contributed by atoms with E-state index in [0.717, 1.165) is 51.4 Å². The number of ether oxygens (including phenoxy) is 1. The number of nitrogens with zero attached hydrogens (tertiary/aromatic N) is 5. The summed E-state index contributed by atoms with van der Waals surface area (Å²) in [5.74, 6) is 0.931. The normalized spacial score (nSPS) is 17.0. The van der Waals surface area contributed by atoms with Crippen molar-refractivity contribution < 1.29 is 4.74 Å². The molecule has 164 valence electrons. The van der Waals surface area contributed by atoms with Gasteiger partial charge < -0.3 is 19.9 Å². The summed E-state index contributed by atoms with van der Waals surface area (Å²) in [5.41, 5.74) is 9.70. The van der Waals surface area contributed by atoms with Gasteiger partial charge in [-0.3, -0.25) is 9.89 Å². The topological polar surface area (TPSA) is 71.4 Å². The van der Waals surface area contributed by atoms with E-state index in [9.17, 15) is 0 Å². The molecule has 3 rings (SSSR count). The molecule has 2 N–H and O–H groups in total. The molecule has 1 aliphatic rings. The zero-order valence-corrected chi connectivity index (χ0v) is 18.8. The zero-order valence-electron chi connectivity index (χ0n) is 18.8. The number of methoxy groups -OCH3 is 1. The fourth-order valence-corrected chi connectivity index (χ4v) is 3.82. The van der Waals surface area contributed by atoms with Gasteiger partial charge in [-0.05, 0) is 36.7 Å². The summed E-state index contributed by atoms with van der Waals surface area (Å²) >= 11 is 0. The summed E-state index contributed by atoms with van der Waals surface area (Å²) in [6.07, 6.45) is 3.83. The molecule has 1 aromatic carbocycles. The number of fused-ring (bicyclic) bond motifs is 1. The maximum atomic E-state index is 6.26. The number of benzene rings is 1. The van der Waals surface area contributed by atoms with Crippen LogP contribution in [0, 0.1) is 0 Å². The third-order valence-corrected chi connectivity index (χ3v) is 5.79. The van der Waals surface area contributed by atoms with Crippen LogP contribution in [-0.4, -0.2) is 86.6 Å². The molecule has 0 aliphatic carbocycles. The summed E-state index contributed by atoms with van der Waals surface area (Å²) in [6, 6.07) is 6.30. The van der Waals surface area contributed by atoms with Gasteiger partial charge in [0.15, 0.2) is 0 Å². The first-order valence-corrected chi connectivity index (χ1v) is 10.8. The van der Waals surface area contributed by atoms with Crippen LogP contribution in [0.3, 0.4) is 0 Å². The van der Waals surface area contributed by atoms with Gasteiger partial charge in [-0.1, -0.05) is 13.8 Å². The van der Waals surface area contributed by atoms with E-state index >= 15 is 0 Å². The van der Waals surface area contributed by atoms with Crippen LogP contribution in [0.2, 0.25) is 0 Å². The van der Waals surface area contributed by atoms with Gasteiger partial charge >= 0.3 is 0 Å². The number of aliphatic imine (C=N–C) groups is 2. The van der Waals surface area contributed by atoms with E-state index in [-0.39, 0.29) is 0 Å². The van der Waals surface area contributed by atoms with Crippen molar-refractivity contribution in [1.82, 2.24) is 14.4 Å². The molecule has 1 fully saturated rings. The number of piperazine rings is 1. The van der Waals surface area contributed by atoms with E-state index in [0.29, 0.717) is 18.4 Å². The molecule has 1 saturated heterocycles. The Bertz CT molecular complexity index is 877. The van der Waals surface area contributed by atoms with Crippen LogP contribution in [-0.2, 0) is 11.3 Å². The van der Waals surface area contributed by atoms with Crippen LogP contribution in [0.4, 0.5) is 0 Å². The standard InChI is InChI=1S/C23H36N6O/c1-18(2)21-16-29(13-14-30-4)22-6-5-19(15-20(21)22)23(24)26-17-25-7-8-28-11-9-27(3)10-12-28/h5-6,15-18H,7-14H2,1-4H3,(H2,24,25,26). The molecule has 0 spiro atoms. The van der Waals surface area contributed by atoms with Crippen LogP contribution in [0.25, 0.3) is 10.9 Å². The lowest BCUT2D eigenvalue weighted by molar-refractivity contribution is 0.157. The Hall–Kier alpha value is -2.22. The average Bonchev–Trinajstić information content (AvgIpc) is 3.11. The smallest absolute Gasteiger partial charge is 0.132 e. The molecule has 0 amide bonds. The fraction of sp³-hybridized carbons (Fsp3) is 0.565. The lowest BCUT2D eigenvalue weighted by atomic mass is 10.0. The Morgan fingerprint density at radius 2 is 1.97 bits per heavy atom. The minimum atomic E-state index is 0.431. The highest BCUT2D eigenvalue weighted by Crippen LogP contribution is 2.28. The van der Waals surface area contributed by atoms with Crippen LogP contribution in [0.1, 0.15) is 30.9 Å². The Balaban J connectivity index is 1.66. The van der Waals surface area contributed by atoms with Gasteiger partial charge in [0.1, 0.15) is 12.2 Å². The van der Waals surface area contributed by atoms with E-state index in [4.69, 9.17) is 10.5 Å². The van der Waals surface area contributed by atoms with Crippen LogP contribution in [0.5, 0.6) is 0 Å². The van der Waals surface area contributed by atoms with Gasteiger partial charge in [0.05, 0.1) is 13.2 Å². The molecule has 0 saturated carbocycles. The van der Waals surface area contributed by atoms with Crippen molar-refractivity contribution in [2.75, 3.05) is 60.0 Å². The second-order valence-electron chi connectivity index (χ2n) is 8.34. The van der Waals surface area contributed by atoms with Crippen molar-refractivity contribution in [3.63, 3.8) is 0 Å². The Morgan fingerprint density at radius 1 is 1.20 bits per heavy atom. The van der Waals surface area contributed by atoms with Gasteiger partial charge in [-0.15, -0.1) is 0 Å². The molecule has 0 radical (unpaired) electrons. The van der Waals surface area contributed by atoms with Crippen molar-refractivity contribution in [2.45, 2.75) is 26.3 Å². The van der Waals surface area contributed by atoms with Crippen molar-refractivity contribution in [3.05, 3.63) is 35.5 Å². The lowest BCUT2D eigenvalue weighted by Crippen LogP contribution is -2.45. The van der Waals surface area contributed by atoms with Crippen molar-refractivity contribution in [1.29, 1.82) is 0 Å². The number of rotatable bonds is 9. The SMILES string of the molecule is COCCn1cc(C(C)C)c2cc(C(N)=NC=NCCN3CCN(C)CC3)ccc21. The lowest BCUT2D eigenvalue weighted by Gasteiger charge is -2.31. The quantitative estimate of drug-likeness (QED) is 0.507. The summed E-state index contributed by atoms with van der Waals surface area (Å²) in [6.45, 7) is 12.2. The molecular weight excluding hydrogens is 376 g/mol. The van der Waals surface area contributed by atoms with E-state index in [1.807, 2.05) is 6.07 Å². The van der Waals surface area contributed by atoms with E-state index < -0.39 is 0 Å². The summed E-state index contributed by atoms with van der Waals surface area (Å²) in [5, 5.41) is 1.23. The predicted molar refractivity (Wildman–Crippen MR) is 126 cm³/mol. The van der Waals surface area contributed by atoms with Gasteiger partial charge in [-0.2, -0.15) is 0 Å². The van der Waals surface area contributed by atoms with Gasteiger partial charge in [0.25, 0.3) is 0 Å². The van der Waals surface area contributed by atoms with E-state index in [1.54, 1.807) is 13.4 Å². The summed E-state index contributed by atoms with van der Waals surface area (Å²) in [4.78, 5) is 13.6. The average molecular weight is 413 g/mol. The van der Waals surface area contributed by atoms with Crippen molar-refractivity contribution in [3.8, 4) is 0 Å². The van der Waals surface area contributed by atoms with Gasteiger partial charge in [0, 0.05) is 69.0 Å². The summed E-state index contributed by atoms with van der Waals surface area (Å²) < 4.78 is 7.51. The predicted octanol–water partition coefficient (Wildman–Crippen LogP) is 2.39. The summed E-state index contributed by atoms with van der Waals surface area (Å²) in [7, 11) is 3.90. The highest BCUT2D eigenvalue weighted by Gasteiger charge is 2.13. The highest BCUT2D eigenvalue weighted by atomic mass is 16.5.